The molecule has 0 atom stereocenters. The van der Waals surface area contributed by atoms with Crippen LogP contribution in [-0.4, -0.2) is 32.9 Å². The molecule has 0 aliphatic carbocycles. The molecule has 0 saturated heterocycles. The summed E-state index contributed by atoms with van der Waals surface area (Å²) in [7, 11) is 0. The van der Waals surface area contributed by atoms with Gasteiger partial charge in [-0.1, -0.05) is 59.0 Å². The highest BCUT2D eigenvalue weighted by atomic mass is 32.2. The molecule has 10 heteroatoms. The Hall–Kier alpha value is -3.24. The standard InChI is InChI=1S/C22H21N5O3S2/c1-13-8-9-17(15(3)10-13)29-11-18(28)23-21-26-27-22(32-21)31-12-19-24-25-20(30-19)16-7-5-4-6-14(16)2/h4-10H,11-12H2,1-3H3,(H,23,26,28). The predicted octanol–water partition coefficient (Wildman–Crippen LogP) is 4.82. The summed E-state index contributed by atoms with van der Waals surface area (Å²) >= 11 is 2.69. The maximum Gasteiger partial charge on any atom is 0.264 e. The maximum absolute atomic E-state index is 12.2. The molecule has 0 unspecified atom stereocenters. The van der Waals surface area contributed by atoms with E-state index < -0.39 is 0 Å². The van der Waals surface area contributed by atoms with E-state index in [4.69, 9.17) is 9.15 Å². The second-order valence-electron chi connectivity index (χ2n) is 7.08. The number of nitrogens with one attached hydrogen (secondary N) is 1. The first-order valence-corrected chi connectivity index (χ1v) is 11.6. The minimum atomic E-state index is -0.294. The van der Waals surface area contributed by atoms with Crippen molar-refractivity contribution in [1.29, 1.82) is 0 Å². The molecule has 0 aliphatic heterocycles. The summed E-state index contributed by atoms with van der Waals surface area (Å²) in [5, 5.41) is 19.5. The minimum absolute atomic E-state index is 0.102. The van der Waals surface area contributed by atoms with Crippen LogP contribution < -0.4 is 10.1 Å². The van der Waals surface area contributed by atoms with Gasteiger partial charge in [-0.05, 0) is 44.0 Å². The number of nitrogens with zero attached hydrogens (tertiary/aromatic N) is 4. The van der Waals surface area contributed by atoms with Gasteiger partial charge < -0.3 is 9.15 Å². The van der Waals surface area contributed by atoms with Crippen LogP contribution in [0.2, 0.25) is 0 Å². The third-order valence-corrected chi connectivity index (χ3v) is 6.46. The number of thioether (sulfide) groups is 1. The molecule has 1 amide bonds. The summed E-state index contributed by atoms with van der Waals surface area (Å²) in [6, 6.07) is 13.7. The normalized spacial score (nSPS) is 10.8. The lowest BCUT2D eigenvalue weighted by Crippen LogP contribution is -2.20. The van der Waals surface area contributed by atoms with E-state index in [2.05, 4.69) is 25.7 Å². The highest BCUT2D eigenvalue weighted by Crippen LogP contribution is 2.29. The fourth-order valence-corrected chi connectivity index (χ4v) is 4.54. The van der Waals surface area contributed by atoms with Gasteiger partial charge in [0.25, 0.3) is 5.91 Å². The van der Waals surface area contributed by atoms with Crippen LogP contribution in [0.15, 0.2) is 51.2 Å². The number of carbonyl (C=O) groups is 1. The maximum atomic E-state index is 12.2. The van der Waals surface area contributed by atoms with Gasteiger partial charge in [0.15, 0.2) is 10.9 Å². The fourth-order valence-electron chi connectivity index (χ4n) is 2.94. The molecule has 0 spiro atoms. The zero-order chi connectivity index (χ0) is 22.5. The van der Waals surface area contributed by atoms with Gasteiger partial charge in [0.1, 0.15) is 5.75 Å². The first-order valence-electron chi connectivity index (χ1n) is 9.82. The van der Waals surface area contributed by atoms with Crippen molar-refractivity contribution < 1.29 is 13.9 Å². The van der Waals surface area contributed by atoms with Crippen LogP contribution in [0.5, 0.6) is 5.75 Å². The number of carbonyl (C=O) groups excluding carboxylic acids is 1. The Labute approximate surface area is 193 Å². The van der Waals surface area contributed by atoms with E-state index in [0.717, 1.165) is 22.3 Å². The fraction of sp³-hybridized carbons (Fsp3) is 0.227. The molecule has 2 aromatic carbocycles. The molecule has 0 radical (unpaired) electrons. The quantitative estimate of drug-likeness (QED) is 0.290. The summed E-state index contributed by atoms with van der Waals surface area (Å²) in [6.07, 6.45) is 0. The summed E-state index contributed by atoms with van der Waals surface area (Å²) in [5.41, 5.74) is 4.12. The van der Waals surface area contributed by atoms with Gasteiger partial charge in [-0.3, -0.25) is 10.1 Å². The summed E-state index contributed by atoms with van der Waals surface area (Å²) in [5.74, 6) is 1.84. The molecular formula is C22H21N5O3S2. The number of aromatic nitrogens is 4. The second-order valence-corrected chi connectivity index (χ2v) is 9.28. The van der Waals surface area contributed by atoms with Gasteiger partial charge in [0.2, 0.25) is 16.9 Å². The third kappa shape index (κ3) is 5.51. The van der Waals surface area contributed by atoms with Crippen molar-refractivity contribution in [3.63, 3.8) is 0 Å². The van der Waals surface area contributed by atoms with Crippen LogP contribution in [0, 0.1) is 20.8 Å². The molecule has 4 rings (SSSR count). The molecule has 8 nitrogen and oxygen atoms in total. The molecule has 0 fully saturated rings. The number of hydrogen-bond acceptors (Lipinski definition) is 9. The number of anilines is 1. The van der Waals surface area contributed by atoms with E-state index in [0.29, 0.717) is 32.8 Å². The van der Waals surface area contributed by atoms with Crippen LogP contribution in [-0.2, 0) is 10.5 Å². The van der Waals surface area contributed by atoms with Crippen LogP contribution in [0.25, 0.3) is 11.5 Å². The predicted molar refractivity (Wildman–Crippen MR) is 124 cm³/mol. The van der Waals surface area contributed by atoms with E-state index in [1.165, 1.54) is 23.1 Å². The summed E-state index contributed by atoms with van der Waals surface area (Å²) in [4.78, 5) is 12.2. The van der Waals surface area contributed by atoms with Crippen molar-refractivity contribution >= 4 is 34.1 Å². The van der Waals surface area contributed by atoms with Gasteiger partial charge in [0, 0.05) is 5.56 Å². The number of benzene rings is 2. The Bertz CT molecular complexity index is 1240. The molecule has 0 bridgehead atoms. The lowest BCUT2D eigenvalue weighted by atomic mass is 10.1. The van der Waals surface area contributed by atoms with Gasteiger partial charge in [-0.25, -0.2) is 0 Å². The highest BCUT2D eigenvalue weighted by Gasteiger charge is 2.14. The van der Waals surface area contributed by atoms with Gasteiger partial charge >= 0.3 is 0 Å². The van der Waals surface area contributed by atoms with E-state index in [-0.39, 0.29) is 12.5 Å². The van der Waals surface area contributed by atoms with Gasteiger partial charge in [-0.2, -0.15) is 0 Å². The smallest absolute Gasteiger partial charge is 0.264 e. The number of amides is 1. The Morgan fingerprint density at radius 2 is 1.91 bits per heavy atom. The Kier molecular flexibility index (Phi) is 6.81. The molecule has 1 N–H and O–H groups in total. The topological polar surface area (TPSA) is 103 Å². The van der Waals surface area contributed by atoms with Crippen molar-refractivity contribution in [3.8, 4) is 17.2 Å². The van der Waals surface area contributed by atoms with E-state index >= 15 is 0 Å². The number of ether oxygens (including phenoxy) is 1. The lowest BCUT2D eigenvalue weighted by molar-refractivity contribution is -0.118. The molecule has 32 heavy (non-hydrogen) atoms. The monoisotopic (exact) mass is 467 g/mol. The third-order valence-electron chi connectivity index (χ3n) is 4.50. The van der Waals surface area contributed by atoms with Crippen LogP contribution in [0.4, 0.5) is 5.13 Å². The van der Waals surface area contributed by atoms with Crippen LogP contribution in [0.1, 0.15) is 22.6 Å². The van der Waals surface area contributed by atoms with E-state index in [1.54, 1.807) is 0 Å². The molecule has 2 heterocycles. The molecule has 164 valence electrons. The largest absolute Gasteiger partial charge is 0.483 e. The SMILES string of the molecule is Cc1ccc(OCC(=O)Nc2nnc(SCc3nnc(-c4ccccc4C)o3)s2)c(C)c1. The zero-order valence-electron chi connectivity index (χ0n) is 17.8. The molecular weight excluding hydrogens is 446 g/mol. The average Bonchev–Trinajstić information content (AvgIpc) is 3.41. The van der Waals surface area contributed by atoms with Gasteiger partial charge in [-0.15, -0.1) is 20.4 Å². The zero-order valence-corrected chi connectivity index (χ0v) is 19.4. The molecule has 0 saturated carbocycles. The Balaban J connectivity index is 1.28. The highest BCUT2D eigenvalue weighted by molar-refractivity contribution is 8.00. The number of aryl methyl sites for hydroxylation is 3. The van der Waals surface area contributed by atoms with Crippen LogP contribution in [0.3, 0.4) is 0 Å². The first-order chi connectivity index (χ1) is 15.5. The van der Waals surface area contributed by atoms with E-state index in [1.807, 2.05) is 63.2 Å². The summed E-state index contributed by atoms with van der Waals surface area (Å²) in [6.45, 7) is 5.85. The minimum Gasteiger partial charge on any atom is -0.483 e. The first kappa shape index (κ1) is 22.0. The number of rotatable bonds is 8. The van der Waals surface area contributed by atoms with Gasteiger partial charge in [0.05, 0.1) is 5.75 Å². The van der Waals surface area contributed by atoms with Crippen molar-refractivity contribution in [1.82, 2.24) is 20.4 Å². The van der Waals surface area contributed by atoms with Crippen LogP contribution >= 0.6 is 23.1 Å². The van der Waals surface area contributed by atoms with Crippen molar-refractivity contribution in [2.75, 3.05) is 11.9 Å². The lowest BCUT2D eigenvalue weighted by Gasteiger charge is -2.08. The Morgan fingerprint density at radius 3 is 2.72 bits per heavy atom. The molecule has 4 aromatic rings. The average molecular weight is 468 g/mol. The van der Waals surface area contributed by atoms with Crippen molar-refractivity contribution in [3.05, 3.63) is 65.0 Å². The summed E-state index contributed by atoms with van der Waals surface area (Å²) < 4.78 is 12.0. The van der Waals surface area contributed by atoms with Crippen molar-refractivity contribution in [2.45, 2.75) is 30.9 Å². The molecule has 0 aliphatic rings. The second kappa shape index (κ2) is 9.92. The van der Waals surface area contributed by atoms with Crippen molar-refractivity contribution in [2.24, 2.45) is 0 Å². The molecule has 2 aromatic heterocycles. The Morgan fingerprint density at radius 1 is 1.06 bits per heavy atom. The number of hydrogen-bond donors (Lipinski definition) is 1. The van der Waals surface area contributed by atoms with E-state index in [9.17, 15) is 4.79 Å².